The van der Waals surface area contributed by atoms with Crippen LogP contribution in [-0.2, 0) is 0 Å². The summed E-state index contributed by atoms with van der Waals surface area (Å²) >= 11 is 0. The number of aliphatic imine (C=N–C) groups is 1. The number of rotatable bonds is 3. The van der Waals surface area contributed by atoms with Gasteiger partial charge in [0.2, 0.25) is 0 Å². The molecule has 2 N–H and O–H groups in total. The number of nitrogens with two attached hydrogens (primary N) is 1. The summed E-state index contributed by atoms with van der Waals surface area (Å²) in [5.41, 5.74) is 5.59. The Morgan fingerprint density at radius 1 is 1.58 bits per heavy atom. The monoisotopic (exact) mass is 177 g/mol. The van der Waals surface area contributed by atoms with Crippen molar-refractivity contribution in [2.45, 2.75) is 18.8 Å². The minimum Gasteiger partial charge on any atom is -0.448 e. The van der Waals surface area contributed by atoms with E-state index in [1.54, 1.807) is 6.21 Å². The first-order chi connectivity index (χ1) is 5.50. The second-order valence-corrected chi connectivity index (χ2v) is 2.82. The summed E-state index contributed by atoms with van der Waals surface area (Å²) < 4.78 is 35.9. The second kappa shape index (κ2) is 3.31. The fourth-order valence-corrected chi connectivity index (χ4v) is 0.953. The van der Waals surface area contributed by atoms with Gasteiger partial charge in [-0.2, -0.15) is 0 Å². The van der Waals surface area contributed by atoms with E-state index in [0.29, 0.717) is 12.0 Å². The smallest absolute Gasteiger partial charge is 0.448 e. The molecule has 0 radical (unpaired) electrons. The van der Waals surface area contributed by atoms with Gasteiger partial charge in [-0.15, -0.1) is 0 Å². The zero-order valence-electron chi connectivity index (χ0n) is 6.38. The Hall–Kier alpha value is -0.775. The largest absolute Gasteiger partial charge is 0.494 e. The van der Waals surface area contributed by atoms with Crippen molar-refractivity contribution in [2.24, 2.45) is 10.7 Å². The fraction of sp³-hybridized carbons (Fsp3) is 0.500. The molecule has 0 bridgehead atoms. The highest BCUT2D eigenvalue weighted by molar-refractivity contribution is 6.60. The number of nitrogens with zero attached hydrogens (tertiary/aromatic N) is 1. The molecule has 0 saturated carbocycles. The molecular formula is C6H9BF3N2-. The van der Waals surface area contributed by atoms with Crippen LogP contribution in [0.1, 0.15) is 12.8 Å². The minimum atomic E-state index is -4.91. The SMILES string of the molecule is NC(CC1=CN=CC1)[B-](F)(F)F. The van der Waals surface area contributed by atoms with Crippen LogP contribution in [0.3, 0.4) is 0 Å². The van der Waals surface area contributed by atoms with Gasteiger partial charge >= 0.3 is 6.98 Å². The topological polar surface area (TPSA) is 38.4 Å². The fourth-order valence-electron chi connectivity index (χ4n) is 0.953. The molecule has 12 heavy (non-hydrogen) atoms. The number of hydrogen-bond donors (Lipinski definition) is 1. The molecule has 1 aliphatic rings. The van der Waals surface area contributed by atoms with E-state index in [2.05, 4.69) is 4.99 Å². The molecule has 0 amide bonds. The Morgan fingerprint density at radius 2 is 2.25 bits per heavy atom. The van der Waals surface area contributed by atoms with Crippen LogP contribution in [0.15, 0.2) is 16.8 Å². The number of hydrogen-bond acceptors (Lipinski definition) is 2. The molecule has 0 spiro atoms. The van der Waals surface area contributed by atoms with Crippen LogP contribution in [0.2, 0.25) is 0 Å². The van der Waals surface area contributed by atoms with E-state index in [-0.39, 0.29) is 6.42 Å². The van der Waals surface area contributed by atoms with Crippen molar-refractivity contribution >= 4 is 13.2 Å². The van der Waals surface area contributed by atoms with Crippen LogP contribution < -0.4 is 5.73 Å². The molecule has 0 fully saturated rings. The molecule has 6 heteroatoms. The van der Waals surface area contributed by atoms with Crippen LogP contribution in [0.5, 0.6) is 0 Å². The van der Waals surface area contributed by atoms with Gasteiger partial charge in [0.05, 0.1) is 0 Å². The van der Waals surface area contributed by atoms with E-state index in [1.807, 2.05) is 0 Å². The van der Waals surface area contributed by atoms with Gasteiger partial charge in [-0.05, 0) is 17.9 Å². The van der Waals surface area contributed by atoms with Gasteiger partial charge in [0.15, 0.2) is 0 Å². The third-order valence-corrected chi connectivity index (χ3v) is 1.70. The predicted octanol–water partition coefficient (Wildman–Crippen LogP) is 1.45. The van der Waals surface area contributed by atoms with E-state index in [4.69, 9.17) is 5.73 Å². The maximum Gasteiger partial charge on any atom is 0.494 e. The standard InChI is InChI=1S/C6H9BF3N2/c8-7(9,10)6(11)3-5-1-2-12-4-5/h2,4,6H,1,3,11H2/q-1. The van der Waals surface area contributed by atoms with Crippen molar-refractivity contribution in [1.29, 1.82) is 0 Å². The van der Waals surface area contributed by atoms with Crippen molar-refractivity contribution in [1.82, 2.24) is 0 Å². The van der Waals surface area contributed by atoms with Gasteiger partial charge in [0.1, 0.15) is 0 Å². The van der Waals surface area contributed by atoms with Crippen molar-refractivity contribution in [2.75, 3.05) is 0 Å². The van der Waals surface area contributed by atoms with E-state index >= 15 is 0 Å². The molecule has 1 unspecified atom stereocenters. The molecular weight excluding hydrogens is 168 g/mol. The quantitative estimate of drug-likeness (QED) is 0.650. The van der Waals surface area contributed by atoms with Crippen LogP contribution in [0, 0.1) is 0 Å². The molecule has 1 rings (SSSR count). The Morgan fingerprint density at radius 3 is 2.67 bits per heavy atom. The highest BCUT2D eigenvalue weighted by atomic mass is 19.4. The molecule has 1 atom stereocenters. The van der Waals surface area contributed by atoms with E-state index in [9.17, 15) is 12.9 Å². The number of halogens is 3. The summed E-state index contributed by atoms with van der Waals surface area (Å²) in [5.74, 6) is -1.70. The zero-order chi connectivity index (χ0) is 9.19. The van der Waals surface area contributed by atoms with Crippen LogP contribution in [0.4, 0.5) is 12.9 Å². The maximum atomic E-state index is 12.0. The Bertz CT molecular complexity index is 221. The molecule has 0 saturated heterocycles. The van der Waals surface area contributed by atoms with Crippen molar-refractivity contribution in [3.8, 4) is 0 Å². The summed E-state index contributed by atoms with van der Waals surface area (Å²) in [6.45, 7) is -4.91. The Labute approximate surface area is 68.4 Å². The highest BCUT2D eigenvalue weighted by Gasteiger charge is 2.32. The minimum absolute atomic E-state index is 0.122. The lowest BCUT2D eigenvalue weighted by molar-refractivity contribution is 0.435. The van der Waals surface area contributed by atoms with Gasteiger partial charge in [-0.3, -0.25) is 4.99 Å². The lowest BCUT2D eigenvalue weighted by Crippen LogP contribution is -2.42. The molecule has 0 aliphatic carbocycles. The summed E-state index contributed by atoms with van der Waals surface area (Å²) in [6.07, 6.45) is 3.40. The first kappa shape index (κ1) is 9.31. The molecule has 0 aromatic heterocycles. The van der Waals surface area contributed by atoms with E-state index in [1.165, 1.54) is 6.20 Å². The van der Waals surface area contributed by atoms with Gasteiger partial charge < -0.3 is 18.7 Å². The zero-order valence-corrected chi connectivity index (χ0v) is 6.38. The van der Waals surface area contributed by atoms with Crippen molar-refractivity contribution in [3.05, 3.63) is 11.8 Å². The summed E-state index contributed by atoms with van der Waals surface area (Å²) in [6, 6.07) is 0. The summed E-state index contributed by atoms with van der Waals surface area (Å²) in [5, 5.41) is 0. The summed E-state index contributed by atoms with van der Waals surface area (Å²) in [4.78, 5) is 3.70. The molecule has 0 aromatic carbocycles. The molecule has 68 valence electrons. The average molecular weight is 177 g/mol. The molecule has 0 aromatic rings. The average Bonchev–Trinajstić information content (AvgIpc) is 2.37. The highest BCUT2D eigenvalue weighted by Crippen LogP contribution is 2.20. The Balaban J connectivity index is 2.42. The predicted molar refractivity (Wildman–Crippen MR) is 42.9 cm³/mol. The van der Waals surface area contributed by atoms with Crippen molar-refractivity contribution < 1.29 is 12.9 Å². The lowest BCUT2D eigenvalue weighted by atomic mass is 9.76. The molecule has 2 nitrogen and oxygen atoms in total. The summed E-state index contributed by atoms with van der Waals surface area (Å²) in [7, 11) is 0. The Kier molecular flexibility index (Phi) is 2.57. The first-order valence-electron chi connectivity index (χ1n) is 3.65. The second-order valence-electron chi connectivity index (χ2n) is 2.82. The van der Waals surface area contributed by atoms with Gasteiger partial charge in [0.25, 0.3) is 0 Å². The van der Waals surface area contributed by atoms with Gasteiger partial charge in [-0.1, -0.05) is 0 Å². The van der Waals surface area contributed by atoms with Crippen molar-refractivity contribution in [3.63, 3.8) is 0 Å². The third kappa shape index (κ3) is 2.37. The lowest BCUT2D eigenvalue weighted by Gasteiger charge is -2.22. The van der Waals surface area contributed by atoms with E-state index in [0.717, 1.165) is 0 Å². The molecule has 1 heterocycles. The van der Waals surface area contributed by atoms with Gasteiger partial charge in [-0.25, -0.2) is 0 Å². The van der Waals surface area contributed by atoms with Crippen LogP contribution >= 0.6 is 0 Å². The maximum absolute atomic E-state index is 12.0. The normalized spacial score (nSPS) is 19.5. The van der Waals surface area contributed by atoms with Crippen LogP contribution in [-0.4, -0.2) is 19.1 Å². The first-order valence-corrected chi connectivity index (χ1v) is 3.65. The van der Waals surface area contributed by atoms with Crippen LogP contribution in [0.25, 0.3) is 0 Å². The van der Waals surface area contributed by atoms with Gasteiger partial charge in [0, 0.05) is 18.8 Å². The third-order valence-electron chi connectivity index (χ3n) is 1.70. The molecule has 1 aliphatic heterocycles. The van der Waals surface area contributed by atoms with E-state index < -0.39 is 12.9 Å².